The number of aromatic nitrogens is 2. The maximum absolute atomic E-state index is 4.69. The molecular weight excluding hydrogens is 378 g/mol. The fourth-order valence-electron chi connectivity index (χ4n) is 4.26. The Morgan fingerprint density at radius 1 is 0.548 bits per heavy atom. The van der Waals surface area contributed by atoms with Crippen molar-refractivity contribution in [3.05, 3.63) is 150 Å². The second-order valence-electron chi connectivity index (χ2n) is 7.48. The van der Waals surface area contributed by atoms with Crippen LogP contribution in [0.15, 0.2) is 128 Å². The molecule has 0 aliphatic heterocycles. The molecule has 31 heavy (non-hydrogen) atoms. The molecule has 1 aromatic heterocycles. The average Bonchev–Trinajstić information content (AvgIpc) is 3.31. The van der Waals surface area contributed by atoms with Gasteiger partial charge in [0.2, 0.25) is 5.95 Å². The van der Waals surface area contributed by atoms with E-state index in [1.807, 2.05) is 36.5 Å². The quantitative estimate of drug-likeness (QED) is 0.317. The van der Waals surface area contributed by atoms with Gasteiger partial charge in [0.25, 0.3) is 0 Å². The monoisotopic (exact) mass is 401 g/mol. The summed E-state index contributed by atoms with van der Waals surface area (Å²) in [5.74, 6) is 0.716. The van der Waals surface area contributed by atoms with Crippen LogP contribution in [0, 0.1) is 0 Å². The van der Waals surface area contributed by atoms with Crippen LogP contribution in [0.4, 0.5) is 11.6 Å². The number of benzene rings is 4. The normalized spacial score (nSPS) is 11.2. The van der Waals surface area contributed by atoms with Gasteiger partial charge >= 0.3 is 0 Å². The summed E-state index contributed by atoms with van der Waals surface area (Å²) in [6, 6.07) is 41.9. The molecule has 0 saturated heterocycles. The highest BCUT2D eigenvalue weighted by Crippen LogP contribution is 2.44. The first-order chi connectivity index (χ1) is 15.4. The minimum atomic E-state index is -0.520. The Hall–Kier alpha value is -4.11. The van der Waals surface area contributed by atoms with E-state index < -0.39 is 5.41 Å². The van der Waals surface area contributed by atoms with Crippen molar-refractivity contribution >= 4 is 11.6 Å². The Labute approximate surface area is 182 Å². The molecule has 0 fully saturated rings. The summed E-state index contributed by atoms with van der Waals surface area (Å²) in [6.07, 6.45) is 1.94. The van der Waals surface area contributed by atoms with E-state index in [1.54, 1.807) is 0 Å². The molecule has 0 unspecified atom stereocenters. The number of imidazole rings is 1. The predicted molar refractivity (Wildman–Crippen MR) is 127 cm³/mol. The van der Waals surface area contributed by atoms with E-state index in [-0.39, 0.29) is 0 Å². The number of aromatic amines is 1. The number of hydrogen-bond acceptors (Lipinski definition) is 2. The standard InChI is InChI=1S/C28H23N3/c1-5-13-22(14-6-1)28(23-15-7-2-8-16-23,24-17-9-3-10-18-24)26-21-29-27(31-26)30-25-19-11-4-12-20-25/h1-21H,(H2,29,30,31). The van der Waals surface area contributed by atoms with Gasteiger partial charge < -0.3 is 10.3 Å². The molecule has 0 aliphatic carbocycles. The summed E-state index contributed by atoms with van der Waals surface area (Å²) in [4.78, 5) is 8.26. The van der Waals surface area contributed by atoms with Crippen LogP contribution in [0.25, 0.3) is 0 Å². The summed E-state index contributed by atoms with van der Waals surface area (Å²) in [5, 5.41) is 3.38. The first-order valence-corrected chi connectivity index (χ1v) is 10.4. The molecule has 0 atom stereocenters. The maximum Gasteiger partial charge on any atom is 0.204 e. The van der Waals surface area contributed by atoms with E-state index in [0.717, 1.165) is 11.4 Å². The molecular formula is C28H23N3. The molecule has 3 heteroatoms. The Kier molecular flexibility index (Phi) is 5.07. The molecule has 0 radical (unpaired) electrons. The largest absolute Gasteiger partial charge is 0.326 e. The van der Waals surface area contributed by atoms with Crippen LogP contribution in [-0.4, -0.2) is 9.97 Å². The van der Waals surface area contributed by atoms with Crippen molar-refractivity contribution in [2.45, 2.75) is 5.41 Å². The van der Waals surface area contributed by atoms with Crippen LogP contribution in [0.2, 0.25) is 0 Å². The molecule has 0 aliphatic rings. The zero-order chi connectivity index (χ0) is 20.9. The molecule has 0 amide bonds. The maximum atomic E-state index is 4.69. The van der Waals surface area contributed by atoms with Crippen molar-refractivity contribution in [3.63, 3.8) is 0 Å². The number of hydrogen-bond donors (Lipinski definition) is 2. The first-order valence-electron chi connectivity index (χ1n) is 10.4. The highest BCUT2D eigenvalue weighted by molar-refractivity contribution is 5.60. The lowest BCUT2D eigenvalue weighted by atomic mass is 9.67. The fraction of sp³-hybridized carbons (Fsp3) is 0.0357. The Morgan fingerprint density at radius 3 is 1.42 bits per heavy atom. The number of nitrogens with zero attached hydrogens (tertiary/aromatic N) is 1. The van der Waals surface area contributed by atoms with Crippen molar-refractivity contribution in [2.75, 3.05) is 5.32 Å². The third-order valence-corrected chi connectivity index (χ3v) is 5.64. The van der Waals surface area contributed by atoms with Crippen LogP contribution < -0.4 is 5.32 Å². The predicted octanol–water partition coefficient (Wildman–Crippen LogP) is 6.54. The van der Waals surface area contributed by atoms with Gasteiger partial charge in [0.15, 0.2) is 0 Å². The highest BCUT2D eigenvalue weighted by atomic mass is 15.1. The van der Waals surface area contributed by atoms with Crippen molar-refractivity contribution in [3.8, 4) is 0 Å². The van der Waals surface area contributed by atoms with Gasteiger partial charge in [-0.2, -0.15) is 0 Å². The summed E-state index contributed by atoms with van der Waals surface area (Å²) in [7, 11) is 0. The van der Waals surface area contributed by atoms with E-state index in [9.17, 15) is 0 Å². The Bertz CT molecular complexity index is 1130. The van der Waals surface area contributed by atoms with Gasteiger partial charge in [0, 0.05) is 5.69 Å². The summed E-state index contributed by atoms with van der Waals surface area (Å²) in [5.41, 5.74) is 5.03. The second-order valence-corrected chi connectivity index (χ2v) is 7.48. The number of para-hydroxylation sites is 1. The third-order valence-electron chi connectivity index (χ3n) is 5.64. The molecule has 3 nitrogen and oxygen atoms in total. The minimum Gasteiger partial charge on any atom is -0.326 e. The Balaban J connectivity index is 1.73. The molecule has 0 saturated carbocycles. The van der Waals surface area contributed by atoms with Gasteiger partial charge in [-0.25, -0.2) is 4.98 Å². The lowest BCUT2D eigenvalue weighted by molar-refractivity contribution is 0.721. The number of rotatable bonds is 6. The van der Waals surface area contributed by atoms with E-state index in [2.05, 4.69) is 106 Å². The summed E-state index contributed by atoms with van der Waals surface area (Å²) < 4.78 is 0. The lowest BCUT2D eigenvalue weighted by Crippen LogP contribution is -2.31. The zero-order valence-electron chi connectivity index (χ0n) is 17.1. The van der Waals surface area contributed by atoms with E-state index in [4.69, 9.17) is 0 Å². The number of H-pyrrole nitrogens is 1. The van der Waals surface area contributed by atoms with Gasteiger partial charge in [-0.3, -0.25) is 0 Å². The van der Waals surface area contributed by atoms with Gasteiger partial charge in [0.1, 0.15) is 0 Å². The van der Waals surface area contributed by atoms with Crippen molar-refractivity contribution in [2.24, 2.45) is 0 Å². The molecule has 2 N–H and O–H groups in total. The van der Waals surface area contributed by atoms with Crippen LogP contribution in [0.5, 0.6) is 0 Å². The van der Waals surface area contributed by atoms with Crippen LogP contribution in [0.1, 0.15) is 22.4 Å². The van der Waals surface area contributed by atoms with Crippen molar-refractivity contribution in [1.82, 2.24) is 9.97 Å². The van der Waals surface area contributed by atoms with E-state index in [0.29, 0.717) is 5.95 Å². The lowest BCUT2D eigenvalue weighted by Gasteiger charge is -2.35. The van der Waals surface area contributed by atoms with Crippen LogP contribution >= 0.6 is 0 Å². The Morgan fingerprint density at radius 2 is 0.968 bits per heavy atom. The fourth-order valence-corrected chi connectivity index (χ4v) is 4.26. The highest BCUT2D eigenvalue weighted by Gasteiger charge is 2.39. The molecule has 150 valence electrons. The van der Waals surface area contributed by atoms with E-state index >= 15 is 0 Å². The molecule has 0 spiro atoms. The number of nitrogens with one attached hydrogen (secondary N) is 2. The molecule has 0 bridgehead atoms. The van der Waals surface area contributed by atoms with Gasteiger partial charge in [-0.1, -0.05) is 109 Å². The van der Waals surface area contributed by atoms with Crippen LogP contribution in [-0.2, 0) is 5.41 Å². The smallest absolute Gasteiger partial charge is 0.204 e. The van der Waals surface area contributed by atoms with Crippen molar-refractivity contribution < 1.29 is 0 Å². The topological polar surface area (TPSA) is 40.7 Å². The molecule has 1 heterocycles. The SMILES string of the molecule is c1ccc(Nc2ncc(C(c3ccccc3)(c3ccccc3)c3ccccc3)[nH]2)cc1. The second kappa shape index (κ2) is 8.33. The first kappa shape index (κ1) is 18.9. The average molecular weight is 402 g/mol. The summed E-state index contributed by atoms with van der Waals surface area (Å²) >= 11 is 0. The molecule has 5 aromatic rings. The molecule has 4 aromatic carbocycles. The third kappa shape index (κ3) is 3.51. The summed E-state index contributed by atoms with van der Waals surface area (Å²) in [6.45, 7) is 0. The van der Waals surface area contributed by atoms with Gasteiger partial charge in [-0.05, 0) is 28.8 Å². The van der Waals surface area contributed by atoms with Crippen molar-refractivity contribution in [1.29, 1.82) is 0 Å². The minimum absolute atomic E-state index is 0.520. The number of anilines is 2. The zero-order valence-corrected chi connectivity index (χ0v) is 17.1. The van der Waals surface area contributed by atoms with Gasteiger partial charge in [-0.15, -0.1) is 0 Å². The van der Waals surface area contributed by atoms with Crippen LogP contribution in [0.3, 0.4) is 0 Å². The van der Waals surface area contributed by atoms with E-state index in [1.165, 1.54) is 16.7 Å². The van der Waals surface area contributed by atoms with Gasteiger partial charge in [0.05, 0.1) is 17.3 Å². The molecule has 5 rings (SSSR count).